The molecule has 0 aromatic heterocycles. The van der Waals surface area contributed by atoms with Crippen LogP contribution in [0.1, 0.15) is 26.7 Å². The van der Waals surface area contributed by atoms with Crippen LogP contribution in [0.2, 0.25) is 0 Å². The van der Waals surface area contributed by atoms with Gasteiger partial charge in [-0.1, -0.05) is 13.8 Å². The van der Waals surface area contributed by atoms with Crippen LogP contribution in [0.25, 0.3) is 0 Å². The second kappa shape index (κ2) is 9.74. The monoisotopic (exact) mass is 332 g/mol. The molecule has 132 valence electrons. The number of carboxylic acid groups (broad SMARTS) is 1. The summed E-state index contributed by atoms with van der Waals surface area (Å²) in [5.41, 5.74) is 10.7. The zero-order valence-corrected chi connectivity index (χ0v) is 13.1. The predicted molar refractivity (Wildman–Crippen MR) is 79.8 cm³/mol. The summed E-state index contributed by atoms with van der Waals surface area (Å²) in [6.07, 6.45) is -0.158. The topological polar surface area (TPSA) is 185 Å². The fourth-order valence-corrected chi connectivity index (χ4v) is 1.76. The highest BCUT2D eigenvalue weighted by Gasteiger charge is 2.28. The molecule has 0 aliphatic carbocycles. The number of primary amides is 1. The molecule has 0 aromatic rings. The van der Waals surface area contributed by atoms with E-state index in [1.54, 1.807) is 0 Å². The number of carbonyl (C=O) groups is 4. The Morgan fingerprint density at radius 1 is 1.04 bits per heavy atom. The van der Waals surface area contributed by atoms with Crippen LogP contribution in [-0.2, 0) is 19.2 Å². The summed E-state index contributed by atoms with van der Waals surface area (Å²) in [6, 6.07) is -3.81. The zero-order valence-electron chi connectivity index (χ0n) is 13.1. The Morgan fingerprint density at radius 2 is 1.57 bits per heavy atom. The minimum absolute atomic E-state index is 0.143. The molecule has 10 nitrogen and oxygen atoms in total. The van der Waals surface area contributed by atoms with Crippen LogP contribution in [0.5, 0.6) is 0 Å². The molecule has 0 heterocycles. The molecule has 23 heavy (non-hydrogen) atoms. The molecule has 0 saturated heterocycles. The molecule has 0 aliphatic rings. The Kier molecular flexibility index (Phi) is 8.81. The first-order valence-electron chi connectivity index (χ1n) is 7.06. The third-order valence-corrected chi connectivity index (χ3v) is 2.90. The average Bonchev–Trinajstić information content (AvgIpc) is 2.41. The van der Waals surface area contributed by atoms with Crippen molar-refractivity contribution in [1.29, 1.82) is 0 Å². The van der Waals surface area contributed by atoms with Gasteiger partial charge in [-0.15, -0.1) is 0 Å². The number of amides is 3. The molecule has 0 bridgehead atoms. The summed E-state index contributed by atoms with van der Waals surface area (Å²) in [5.74, 6) is -3.78. The van der Waals surface area contributed by atoms with Gasteiger partial charge < -0.3 is 32.3 Å². The number of aliphatic hydroxyl groups excluding tert-OH is 1. The molecule has 10 heteroatoms. The van der Waals surface area contributed by atoms with Gasteiger partial charge in [-0.3, -0.25) is 14.4 Å². The van der Waals surface area contributed by atoms with Gasteiger partial charge in [0.2, 0.25) is 17.7 Å². The number of aliphatic hydroxyl groups is 1. The zero-order chi connectivity index (χ0) is 18.2. The Bertz CT molecular complexity index is 454. The van der Waals surface area contributed by atoms with Crippen molar-refractivity contribution in [2.45, 2.75) is 44.8 Å². The molecule has 0 unspecified atom stereocenters. The minimum Gasteiger partial charge on any atom is -0.480 e. The molecule has 3 amide bonds. The SMILES string of the molecule is CC(C)C[C@H](N)C(=O)N[C@@H](CC(N)=O)C(=O)N[C@@H](CO)C(=O)O. The summed E-state index contributed by atoms with van der Waals surface area (Å²) in [5, 5.41) is 21.9. The third-order valence-electron chi connectivity index (χ3n) is 2.90. The number of carbonyl (C=O) groups excluding carboxylic acids is 3. The second-order valence-corrected chi connectivity index (χ2v) is 5.55. The fraction of sp³-hybridized carbons (Fsp3) is 0.692. The molecule has 0 aliphatic heterocycles. The summed E-state index contributed by atoms with van der Waals surface area (Å²) in [7, 11) is 0. The Balaban J connectivity index is 4.93. The number of nitrogens with one attached hydrogen (secondary N) is 2. The summed E-state index contributed by atoms with van der Waals surface area (Å²) < 4.78 is 0. The summed E-state index contributed by atoms with van der Waals surface area (Å²) in [4.78, 5) is 45.7. The number of nitrogens with two attached hydrogens (primary N) is 2. The van der Waals surface area contributed by atoms with Crippen LogP contribution in [0, 0.1) is 5.92 Å². The maximum Gasteiger partial charge on any atom is 0.328 e. The van der Waals surface area contributed by atoms with E-state index >= 15 is 0 Å². The molecule has 0 radical (unpaired) electrons. The molecule has 8 N–H and O–H groups in total. The number of hydrogen-bond donors (Lipinski definition) is 6. The van der Waals surface area contributed by atoms with Crippen LogP contribution >= 0.6 is 0 Å². The lowest BCUT2D eigenvalue weighted by Gasteiger charge is -2.22. The van der Waals surface area contributed by atoms with Gasteiger partial charge in [0, 0.05) is 0 Å². The molecule has 0 fully saturated rings. The van der Waals surface area contributed by atoms with Crippen molar-refractivity contribution in [1.82, 2.24) is 10.6 Å². The molecule has 0 aromatic carbocycles. The Labute approximate surface area is 133 Å². The van der Waals surface area contributed by atoms with Gasteiger partial charge in [-0.05, 0) is 12.3 Å². The normalized spacial score (nSPS) is 14.7. The highest BCUT2D eigenvalue weighted by Crippen LogP contribution is 2.04. The Morgan fingerprint density at radius 3 is 1.96 bits per heavy atom. The lowest BCUT2D eigenvalue weighted by Crippen LogP contribution is -2.56. The number of carboxylic acids is 1. The van der Waals surface area contributed by atoms with E-state index in [0.717, 1.165) is 0 Å². The van der Waals surface area contributed by atoms with E-state index in [0.29, 0.717) is 6.42 Å². The standard InChI is InChI=1S/C13H24N4O6/c1-6(2)3-7(14)11(20)16-8(4-10(15)19)12(21)17-9(5-18)13(22)23/h6-9,18H,3-5,14H2,1-2H3,(H2,15,19)(H,16,20)(H,17,21)(H,22,23)/t7-,8-,9-/m0/s1. The lowest BCUT2D eigenvalue weighted by molar-refractivity contribution is -0.143. The lowest BCUT2D eigenvalue weighted by atomic mass is 10.0. The predicted octanol–water partition coefficient (Wildman–Crippen LogP) is -2.72. The number of hydrogen-bond acceptors (Lipinski definition) is 6. The van der Waals surface area contributed by atoms with E-state index in [-0.39, 0.29) is 5.92 Å². The highest BCUT2D eigenvalue weighted by molar-refractivity contribution is 5.94. The number of rotatable bonds is 10. The third kappa shape index (κ3) is 8.12. The van der Waals surface area contributed by atoms with Crippen molar-refractivity contribution in [2.75, 3.05) is 6.61 Å². The summed E-state index contributed by atoms with van der Waals surface area (Å²) >= 11 is 0. The smallest absolute Gasteiger partial charge is 0.328 e. The van der Waals surface area contributed by atoms with E-state index in [4.69, 9.17) is 21.7 Å². The van der Waals surface area contributed by atoms with Crippen molar-refractivity contribution >= 4 is 23.7 Å². The molecule has 0 spiro atoms. The molecule has 3 atom stereocenters. The van der Waals surface area contributed by atoms with Crippen LogP contribution in [0.15, 0.2) is 0 Å². The van der Waals surface area contributed by atoms with E-state index in [2.05, 4.69) is 5.32 Å². The second-order valence-electron chi connectivity index (χ2n) is 5.55. The van der Waals surface area contributed by atoms with E-state index in [1.165, 1.54) is 0 Å². The van der Waals surface area contributed by atoms with Crippen molar-refractivity contribution in [3.63, 3.8) is 0 Å². The van der Waals surface area contributed by atoms with Crippen molar-refractivity contribution in [2.24, 2.45) is 17.4 Å². The van der Waals surface area contributed by atoms with Gasteiger partial charge >= 0.3 is 5.97 Å². The van der Waals surface area contributed by atoms with Gasteiger partial charge in [0.1, 0.15) is 12.1 Å². The first-order valence-corrected chi connectivity index (χ1v) is 7.06. The fourth-order valence-electron chi connectivity index (χ4n) is 1.76. The largest absolute Gasteiger partial charge is 0.480 e. The van der Waals surface area contributed by atoms with Gasteiger partial charge in [-0.2, -0.15) is 0 Å². The molecular formula is C13H24N4O6. The van der Waals surface area contributed by atoms with Crippen LogP contribution in [-0.4, -0.2) is 58.6 Å². The van der Waals surface area contributed by atoms with Gasteiger partial charge in [0.05, 0.1) is 19.1 Å². The van der Waals surface area contributed by atoms with Crippen LogP contribution < -0.4 is 22.1 Å². The maximum absolute atomic E-state index is 12.0. The molecular weight excluding hydrogens is 308 g/mol. The highest BCUT2D eigenvalue weighted by atomic mass is 16.4. The van der Waals surface area contributed by atoms with Crippen molar-refractivity contribution < 1.29 is 29.4 Å². The molecule has 0 saturated carbocycles. The van der Waals surface area contributed by atoms with E-state index in [9.17, 15) is 19.2 Å². The Hall–Kier alpha value is -2.20. The van der Waals surface area contributed by atoms with Gasteiger partial charge in [0.25, 0.3) is 0 Å². The number of aliphatic carboxylic acids is 1. The van der Waals surface area contributed by atoms with Crippen molar-refractivity contribution in [3.05, 3.63) is 0 Å². The first kappa shape index (κ1) is 20.8. The quantitative estimate of drug-likeness (QED) is 0.251. The molecule has 0 rings (SSSR count). The van der Waals surface area contributed by atoms with Crippen LogP contribution in [0.3, 0.4) is 0 Å². The van der Waals surface area contributed by atoms with Gasteiger partial charge in [0.15, 0.2) is 0 Å². The maximum atomic E-state index is 12.0. The van der Waals surface area contributed by atoms with E-state index in [1.807, 2.05) is 19.2 Å². The van der Waals surface area contributed by atoms with Crippen LogP contribution in [0.4, 0.5) is 0 Å². The van der Waals surface area contributed by atoms with Gasteiger partial charge in [-0.25, -0.2) is 4.79 Å². The summed E-state index contributed by atoms with van der Waals surface area (Å²) in [6.45, 7) is 2.88. The first-order chi connectivity index (χ1) is 10.6. The van der Waals surface area contributed by atoms with E-state index < -0.39 is 54.8 Å². The average molecular weight is 332 g/mol. The minimum atomic E-state index is -1.56. The van der Waals surface area contributed by atoms with Crippen molar-refractivity contribution in [3.8, 4) is 0 Å².